The molecule has 0 fully saturated rings. The summed E-state index contributed by atoms with van der Waals surface area (Å²) >= 11 is 1.66. The van der Waals surface area contributed by atoms with Crippen molar-refractivity contribution < 1.29 is 14.3 Å². The van der Waals surface area contributed by atoms with E-state index in [1.54, 1.807) is 18.3 Å². The molecule has 0 aliphatic carbocycles. The lowest BCUT2D eigenvalue weighted by atomic mass is 9.91. The molecule has 2 amide bonds. The molecule has 1 atom stereocenters. The number of para-hydroxylation sites is 1. The highest BCUT2D eigenvalue weighted by molar-refractivity contribution is 7.09. The first-order valence-electron chi connectivity index (χ1n) is 10.6. The van der Waals surface area contributed by atoms with Crippen LogP contribution in [0.3, 0.4) is 0 Å². The Kier molecular flexibility index (Phi) is 7.05. The number of aromatic nitrogens is 1. The van der Waals surface area contributed by atoms with Crippen LogP contribution < -0.4 is 10.6 Å². The number of amides is 2. The highest BCUT2D eigenvalue weighted by atomic mass is 32.1. The second-order valence-corrected chi connectivity index (χ2v) is 9.61. The maximum absolute atomic E-state index is 13.2. The number of aromatic amines is 1. The summed E-state index contributed by atoms with van der Waals surface area (Å²) in [6, 6.07) is 12.0. The summed E-state index contributed by atoms with van der Waals surface area (Å²) in [5.74, 6) is -0.236. The molecule has 0 bridgehead atoms. The van der Waals surface area contributed by atoms with Crippen molar-refractivity contribution in [2.75, 3.05) is 6.54 Å². The number of nitrogens with one attached hydrogen (secondary N) is 3. The maximum Gasteiger partial charge on any atom is 0.408 e. The van der Waals surface area contributed by atoms with Crippen molar-refractivity contribution in [2.24, 2.45) is 0 Å². The molecule has 3 rings (SSSR count). The second kappa shape index (κ2) is 9.56. The highest BCUT2D eigenvalue weighted by Gasteiger charge is 2.37. The van der Waals surface area contributed by atoms with Gasteiger partial charge in [-0.2, -0.15) is 0 Å². The van der Waals surface area contributed by atoms with Crippen molar-refractivity contribution in [1.29, 1.82) is 0 Å². The molecule has 0 saturated carbocycles. The molecule has 0 radical (unpaired) electrons. The lowest BCUT2D eigenvalue weighted by molar-refractivity contribution is -0.127. The van der Waals surface area contributed by atoms with Gasteiger partial charge in [0, 0.05) is 34.9 Å². The minimum atomic E-state index is -1.17. The van der Waals surface area contributed by atoms with Crippen molar-refractivity contribution in [3.8, 4) is 0 Å². The average Bonchev–Trinajstić information content (AvgIpc) is 3.38. The van der Waals surface area contributed by atoms with Crippen molar-refractivity contribution in [2.45, 2.75) is 58.1 Å². The Labute approximate surface area is 187 Å². The predicted molar refractivity (Wildman–Crippen MR) is 125 cm³/mol. The van der Waals surface area contributed by atoms with Gasteiger partial charge in [-0.3, -0.25) is 4.79 Å². The molecule has 166 valence electrons. The van der Waals surface area contributed by atoms with Gasteiger partial charge >= 0.3 is 6.09 Å². The van der Waals surface area contributed by atoms with E-state index in [0.29, 0.717) is 19.4 Å². The summed E-state index contributed by atoms with van der Waals surface area (Å²) in [4.78, 5) is 30.4. The van der Waals surface area contributed by atoms with Gasteiger partial charge in [0.05, 0.1) is 0 Å². The smallest absolute Gasteiger partial charge is 0.408 e. The molecular weight excluding hydrogens is 410 g/mol. The van der Waals surface area contributed by atoms with Crippen molar-refractivity contribution in [3.05, 3.63) is 58.4 Å². The monoisotopic (exact) mass is 441 g/mol. The summed E-state index contributed by atoms with van der Waals surface area (Å²) in [5.41, 5.74) is 0.178. The number of alkyl carbamates (subject to hydrolysis) is 1. The Balaban J connectivity index is 1.77. The Hall–Kier alpha value is -2.80. The SMILES string of the molecule is CCC(C)(C)OC(=O)NC(C)(Cc1c[nH]c2ccccc12)C(=O)NCCc1cccs1. The first-order valence-corrected chi connectivity index (χ1v) is 11.5. The normalized spacial score (nSPS) is 13.5. The minimum Gasteiger partial charge on any atom is -0.444 e. The quantitative estimate of drug-likeness (QED) is 0.446. The van der Waals surface area contributed by atoms with Gasteiger partial charge in [0.25, 0.3) is 0 Å². The molecule has 31 heavy (non-hydrogen) atoms. The lowest BCUT2D eigenvalue weighted by Gasteiger charge is -2.31. The summed E-state index contributed by atoms with van der Waals surface area (Å²) in [7, 11) is 0. The molecule has 1 aromatic carbocycles. The minimum absolute atomic E-state index is 0.236. The molecule has 0 aliphatic heterocycles. The number of rotatable bonds is 9. The van der Waals surface area contributed by atoms with Crippen LogP contribution in [-0.4, -0.2) is 34.7 Å². The third-order valence-electron chi connectivity index (χ3n) is 5.56. The molecule has 0 saturated heterocycles. The number of carbonyl (C=O) groups excluding carboxylic acids is 2. The van der Waals surface area contributed by atoms with Crippen molar-refractivity contribution in [1.82, 2.24) is 15.6 Å². The molecule has 0 spiro atoms. The van der Waals surface area contributed by atoms with E-state index < -0.39 is 17.2 Å². The summed E-state index contributed by atoms with van der Waals surface area (Å²) in [6.45, 7) is 7.90. The van der Waals surface area contributed by atoms with Crippen molar-refractivity contribution in [3.63, 3.8) is 0 Å². The third-order valence-corrected chi connectivity index (χ3v) is 6.49. The van der Waals surface area contributed by atoms with Gasteiger partial charge in [-0.1, -0.05) is 31.2 Å². The molecule has 2 aromatic heterocycles. The van der Waals surface area contributed by atoms with E-state index in [0.717, 1.165) is 22.9 Å². The van der Waals surface area contributed by atoms with Crippen LogP contribution in [0.15, 0.2) is 48.0 Å². The van der Waals surface area contributed by atoms with Crippen LogP contribution in [0.4, 0.5) is 4.79 Å². The second-order valence-electron chi connectivity index (χ2n) is 8.58. The Morgan fingerprint density at radius 1 is 1.13 bits per heavy atom. The van der Waals surface area contributed by atoms with Gasteiger partial charge in [-0.15, -0.1) is 11.3 Å². The third kappa shape index (κ3) is 5.88. The fourth-order valence-corrected chi connectivity index (χ4v) is 4.07. The van der Waals surface area contributed by atoms with Gasteiger partial charge in [0.15, 0.2) is 0 Å². The van der Waals surface area contributed by atoms with Crippen LogP contribution in [0.2, 0.25) is 0 Å². The first-order chi connectivity index (χ1) is 14.7. The molecule has 3 N–H and O–H groups in total. The maximum atomic E-state index is 13.2. The van der Waals surface area contributed by atoms with E-state index in [1.807, 2.05) is 68.7 Å². The Morgan fingerprint density at radius 3 is 2.61 bits per heavy atom. The number of thiophene rings is 1. The van der Waals surface area contributed by atoms with Crippen LogP contribution >= 0.6 is 11.3 Å². The van der Waals surface area contributed by atoms with E-state index in [1.165, 1.54) is 4.88 Å². The number of hydrogen-bond acceptors (Lipinski definition) is 4. The average molecular weight is 442 g/mol. The Bertz CT molecular complexity index is 1030. The zero-order valence-corrected chi connectivity index (χ0v) is 19.4. The van der Waals surface area contributed by atoms with Crippen LogP contribution in [0.5, 0.6) is 0 Å². The zero-order valence-electron chi connectivity index (χ0n) is 18.6. The zero-order chi connectivity index (χ0) is 22.5. The predicted octanol–water partition coefficient (Wildman–Crippen LogP) is 4.80. The summed E-state index contributed by atoms with van der Waals surface area (Å²) in [5, 5.41) is 8.89. The van der Waals surface area contributed by atoms with Gasteiger partial charge in [0.1, 0.15) is 11.1 Å². The fraction of sp³-hybridized carbons (Fsp3) is 0.417. The van der Waals surface area contributed by atoms with E-state index in [4.69, 9.17) is 4.74 Å². The van der Waals surface area contributed by atoms with Crippen molar-refractivity contribution >= 4 is 34.2 Å². The highest BCUT2D eigenvalue weighted by Crippen LogP contribution is 2.24. The number of benzene rings is 1. The Morgan fingerprint density at radius 2 is 1.90 bits per heavy atom. The van der Waals surface area contributed by atoms with Crippen LogP contribution in [0.1, 0.15) is 44.6 Å². The van der Waals surface area contributed by atoms with E-state index in [9.17, 15) is 9.59 Å². The number of fused-ring (bicyclic) bond motifs is 1. The molecular formula is C24H31N3O3S. The number of ether oxygens (including phenoxy) is 1. The van der Waals surface area contributed by atoms with Crippen LogP contribution in [0, 0.1) is 0 Å². The molecule has 1 unspecified atom stereocenters. The standard InChI is InChI=1S/C24H31N3O3S/c1-5-23(2,3)30-22(29)27-24(4,21(28)25-13-12-18-9-8-14-31-18)15-17-16-26-20-11-7-6-10-19(17)20/h6-11,14,16,26H,5,12-13,15H2,1-4H3,(H,25,28)(H,27,29). The van der Waals surface area contributed by atoms with E-state index in [-0.39, 0.29) is 5.91 Å². The molecule has 6 nitrogen and oxygen atoms in total. The molecule has 3 aromatic rings. The number of carbonyl (C=O) groups is 2. The fourth-order valence-electron chi connectivity index (χ4n) is 3.36. The van der Waals surface area contributed by atoms with Crippen LogP contribution in [-0.2, 0) is 22.4 Å². The molecule has 7 heteroatoms. The first kappa shape index (κ1) is 22.9. The number of hydrogen-bond donors (Lipinski definition) is 3. The van der Waals surface area contributed by atoms with Gasteiger partial charge in [0.2, 0.25) is 5.91 Å². The van der Waals surface area contributed by atoms with Crippen LogP contribution in [0.25, 0.3) is 10.9 Å². The molecule has 0 aliphatic rings. The summed E-state index contributed by atoms with van der Waals surface area (Å²) in [6.07, 6.45) is 3.06. The summed E-state index contributed by atoms with van der Waals surface area (Å²) < 4.78 is 5.57. The largest absolute Gasteiger partial charge is 0.444 e. The van der Waals surface area contributed by atoms with E-state index >= 15 is 0 Å². The van der Waals surface area contributed by atoms with Gasteiger partial charge in [-0.25, -0.2) is 4.79 Å². The number of H-pyrrole nitrogens is 1. The lowest BCUT2D eigenvalue weighted by Crippen LogP contribution is -2.59. The van der Waals surface area contributed by atoms with E-state index in [2.05, 4.69) is 15.6 Å². The topological polar surface area (TPSA) is 83.2 Å². The van der Waals surface area contributed by atoms with Gasteiger partial charge in [-0.05, 0) is 56.7 Å². The molecule has 2 heterocycles. The van der Waals surface area contributed by atoms with Gasteiger partial charge < -0.3 is 20.4 Å².